The van der Waals surface area contributed by atoms with Crippen LogP contribution in [0.5, 0.6) is 0 Å². The zero-order valence-electron chi connectivity index (χ0n) is 9.55. The van der Waals surface area contributed by atoms with E-state index in [2.05, 4.69) is 19.2 Å². The summed E-state index contributed by atoms with van der Waals surface area (Å²) in [5.74, 6) is -0.298. The highest BCUT2D eigenvalue weighted by molar-refractivity contribution is 5.86. The maximum atomic E-state index is 10.8. The normalized spacial score (nSPS) is 12.6. The molecular weight excluding hydrogens is 178 g/mol. The van der Waals surface area contributed by atoms with E-state index in [0.29, 0.717) is 11.5 Å². The minimum Gasteiger partial charge on any atom is -0.478 e. The van der Waals surface area contributed by atoms with Gasteiger partial charge in [0.1, 0.15) is 0 Å². The summed E-state index contributed by atoms with van der Waals surface area (Å²) >= 11 is 0. The molecule has 0 atom stereocenters. The van der Waals surface area contributed by atoms with Crippen molar-refractivity contribution < 1.29 is 9.90 Å². The number of carbonyl (C=O) groups is 1. The molecule has 0 fully saturated rings. The third kappa shape index (κ3) is 4.90. The van der Waals surface area contributed by atoms with Gasteiger partial charge >= 0.3 is 5.97 Å². The molecule has 0 rings (SSSR count). The van der Waals surface area contributed by atoms with Crippen LogP contribution in [0.15, 0.2) is 11.3 Å². The number of hydrogen-bond donors (Lipinski definition) is 2. The van der Waals surface area contributed by atoms with E-state index >= 15 is 0 Å². The first-order chi connectivity index (χ1) is 6.49. The Morgan fingerprint density at radius 2 is 2.00 bits per heavy atom. The first-order valence-electron chi connectivity index (χ1n) is 5.15. The molecule has 0 heterocycles. The highest BCUT2D eigenvalue weighted by atomic mass is 16.4. The fraction of sp³-hybridized carbons (Fsp3) is 0.727. The Bertz CT molecular complexity index is 219. The standard InChI is InChI=1S/C11H21NO2/c1-5-6-10(9(4)11(13)14)12-7-8(2)3/h8,12H,5-7H2,1-4H3,(H,13,14). The van der Waals surface area contributed by atoms with E-state index in [1.54, 1.807) is 6.92 Å². The van der Waals surface area contributed by atoms with Crippen LogP contribution >= 0.6 is 0 Å². The molecule has 0 aromatic carbocycles. The molecule has 3 nitrogen and oxygen atoms in total. The van der Waals surface area contributed by atoms with E-state index in [0.717, 1.165) is 25.1 Å². The van der Waals surface area contributed by atoms with Crippen LogP contribution < -0.4 is 5.32 Å². The van der Waals surface area contributed by atoms with Crippen molar-refractivity contribution in [1.29, 1.82) is 0 Å². The first kappa shape index (κ1) is 13.0. The van der Waals surface area contributed by atoms with Crippen molar-refractivity contribution in [2.75, 3.05) is 6.54 Å². The van der Waals surface area contributed by atoms with E-state index < -0.39 is 5.97 Å². The molecule has 0 aliphatic rings. The predicted molar refractivity (Wildman–Crippen MR) is 58.1 cm³/mol. The number of carboxylic acid groups (broad SMARTS) is 1. The van der Waals surface area contributed by atoms with Gasteiger partial charge in [-0.05, 0) is 19.3 Å². The minimum atomic E-state index is -0.829. The van der Waals surface area contributed by atoms with Gasteiger partial charge in [-0.3, -0.25) is 0 Å². The fourth-order valence-corrected chi connectivity index (χ4v) is 1.11. The molecule has 0 saturated heterocycles. The van der Waals surface area contributed by atoms with Crippen LogP contribution in [-0.2, 0) is 4.79 Å². The van der Waals surface area contributed by atoms with Crippen molar-refractivity contribution in [3.05, 3.63) is 11.3 Å². The number of rotatable bonds is 6. The summed E-state index contributed by atoms with van der Waals surface area (Å²) in [7, 11) is 0. The van der Waals surface area contributed by atoms with Gasteiger partial charge in [0.15, 0.2) is 0 Å². The Labute approximate surface area is 86.2 Å². The van der Waals surface area contributed by atoms with Gasteiger partial charge in [0.25, 0.3) is 0 Å². The summed E-state index contributed by atoms with van der Waals surface area (Å²) in [6.45, 7) is 8.74. The molecule has 14 heavy (non-hydrogen) atoms. The Morgan fingerprint density at radius 1 is 1.43 bits per heavy atom. The lowest BCUT2D eigenvalue weighted by molar-refractivity contribution is -0.132. The van der Waals surface area contributed by atoms with Gasteiger partial charge < -0.3 is 10.4 Å². The summed E-state index contributed by atoms with van der Waals surface area (Å²) < 4.78 is 0. The molecule has 82 valence electrons. The van der Waals surface area contributed by atoms with Gasteiger partial charge in [-0.15, -0.1) is 0 Å². The lowest BCUT2D eigenvalue weighted by atomic mass is 10.1. The van der Waals surface area contributed by atoms with E-state index in [9.17, 15) is 4.79 Å². The average Bonchev–Trinajstić information content (AvgIpc) is 2.10. The highest BCUT2D eigenvalue weighted by Crippen LogP contribution is 2.08. The molecule has 0 radical (unpaired) electrons. The quantitative estimate of drug-likeness (QED) is 0.646. The van der Waals surface area contributed by atoms with Crippen LogP contribution in [-0.4, -0.2) is 17.6 Å². The first-order valence-corrected chi connectivity index (χ1v) is 5.15. The van der Waals surface area contributed by atoms with Gasteiger partial charge in [0, 0.05) is 12.2 Å². The summed E-state index contributed by atoms with van der Waals surface area (Å²) in [6, 6.07) is 0. The topological polar surface area (TPSA) is 49.3 Å². The van der Waals surface area contributed by atoms with Gasteiger partial charge in [0.05, 0.1) is 5.57 Å². The van der Waals surface area contributed by atoms with Gasteiger partial charge in [0.2, 0.25) is 0 Å². The highest BCUT2D eigenvalue weighted by Gasteiger charge is 2.08. The van der Waals surface area contributed by atoms with Crippen LogP contribution in [0.2, 0.25) is 0 Å². The van der Waals surface area contributed by atoms with Crippen molar-refractivity contribution in [2.45, 2.75) is 40.5 Å². The second kappa shape index (κ2) is 6.46. The molecule has 0 aromatic rings. The fourth-order valence-electron chi connectivity index (χ4n) is 1.11. The largest absolute Gasteiger partial charge is 0.478 e. The van der Waals surface area contributed by atoms with Crippen molar-refractivity contribution in [3.8, 4) is 0 Å². The Morgan fingerprint density at radius 3 is 2.36 bits per heavy atom. The SMILES string of the molecule is CCCC(NCC(C)C)=C(C)C(=O)O. The lowest BCUT2D eigenvalue weighted by Crippen LogP contribution is -2.22. The molecule has 0 aromatic heterocycles. The molecule has 0 amide bonds. The number of aliphatic carboxylic acids is 1. The molecule has 0 aliphatic heterocycles. The van der Waals surface area contributed by atoms with E-state index in [1.807, 2.05) is 6.92 Å². The Kier molecular flexibility index (Phi) is 6.00. The molecule has 0 unspecified atom stereocenters. The number of carboxylic acids is 1. The van der Waals surface area contributed by atoms with Crippen molar-refractivity contribution in [3.63, 3.8) is 0 Å². The van der Waals surface area contributed by atoms with Crippen LogP contribution in [0.25, 0.3) is 0 Å². The molecule has 0 aliphatic carbocycles. The summed E-state index contributed by atoms with van der Waals surface area (Å²) in [5, 5.41) is 12.0. The Hall–Kier alpha value is -0.990. The average molecular weight is 199 g/mol. The van der Waals surface area contributed by atoms with E-state index in [4.69, 9.17) is 5.11 Å². The van der Waals surface area contributed by atoms with E-state index in [-0.39, 0.29) is 0 Å². The van der Waals surface area contributed by atoms with Gasteiger partial charge in [-0.1, -0.05) is 27.2 Å². The monoisotopic (exact) mass is 199 g/mol. The molecule has 0 saturated carbocycles. The number of nitrogens with one attached hydrogen (secondary N) is 1. The summed E-state index contributed by atoms with van der Waals surface area (Å²) in [5.41, 5.74) is 1.31. The molecular formula is C11H21NO2. The summed E-state index contributed by atoms with van der Waals surface area (Å²) in [4.78, 5) is 10.8. The van der Waals surface area contributed by atoms with Crippen molar-refractivity contribution in [1.82, 2.24) is 5.32 Å². The Balaban J connectivity index is 4.42. The molecule has 3 heteroatoms. The van der Waals surface area contributed by atoms with Gasteiger partial charge in [-0.2, -0.15) is 0 Å². The summed E-state index contributed by atoms with van der Waals surface area (Å²) in [6.07, 6.45) is 1.77. The van der Waals surface area contributed by atoms with Crippen LogP contribution in [0.3, 0.4) is 0 Å². The number of hydrogen-bond acceptors (Lipinski definition) is 2. The molecule has 2 N–H and O–H groups in total. The zero-order chi connectivity index (χ0) is 11.1. The minimum absolute atomic E-state index is 0.438. The van der Waals surface area contributed by atoms with E-state index in [1.165, 1.54) is 0 Å². The van der Waals surface area contributed by atoms with Crippen molar-refractivity contribution in [2.24, 2.45) is 5.92 Å². The number of allylic oxidation sites excluding steroid dienone is 1. The van der Waals surface area contributed by atoms with Crippen LogP contribution in [0.1, 0.15) is 40.5 Å². The van der Waals surface area contributed by atoms with Crippen LogP contribution in [0, 0.1) is 5.92 Å². The predicted octanol–water partition coefficient (Wildman–Crippen LogP) is 2.39. The maximum Gasteiger partial charge on any atom is 0.333 e. The maximum absolute atomic E-state index is 10.8. The lowest BCUT2D eigenvalue weighted by Gasteiger charge is -2.14. The molecule has 0 spiro atoms. The van der Waals surface area contributed by atoms with Gasteiger partial charge in [-0.25, -0.2) is 4.79 Å². The second-order valence-electron chi connectivity index (χ2n) is 3.93. The van der Waals surface area contributed by atoms with Crippen molar-refractivity contribution >= 4 is 5.97 Å². The smallest absolute Gasteiger partial charge is 0.333 e. The zero-order valence-corrected chi connectivity index (χ0v) is 9.55. The third-order valence-electron chi connectivity index (χ3n) is 2.00. The third-order valence-corrected chi connectivity index (χ3v) is 2.00. The molecule has 0 bridgehead atoms. The second-order valence-corrected chi connectivity index (χ2v) is 3.93. The van der Waals surface area contributed by atoms with Crippen LogP contribution in [0.4, 0.5) is 0 Å².